The number of hydrogen-bond acceptors (Lipinski definition) is 5. The zero-order valence-electron chi connectivity index (χ0n) is 23.7. The maximum atomic E-state index is 12.9. The van der Waals surface area contributed by atoms with Crippen molar-refractivity contribution in [2.75, 3.05) is 18.1 Å². The van der Waals surface area contributed by atoms with Crippen molar-refractivity contribution in [1.82, 2.24) is 4.72 Å². The zero-order chi connectivity index (χ0) is 31.0. The summed E-state index contributed by atoms with van der Waals surface area (Å²) in [6.07, 6.45) is -0.695. The first-order chi connectivity index (χ1) is 19.6. The molecule has 0 amide bonds. The van der Waals surface area contributed by atoms with Crippen LogP contribution in [0.1, 0.15) is 88.2 Å². The number of hydrogen-bond donors (Lipinski definition) is 3. The lowest BCUT2D eigenvalue weighted by Crippen LogP contribution is -2.37. The summed E-state index contributed by atoms with van der Waals surface area (Å²) in [6.45, 7) is 2.39. The first-order valence-corrected chi connectivity index (χ1v) is 17.0. The average Bonchev–Trinajstić information content (AvgIpc) is 2.90. The Morgan fingerprint density at radius 2 is 1.48 bits per heavy atom. The first-order valence-electron chi connectivity index (χ1n) is 14.3. The summed E-state index contributed by atoms with van der Waals surface area (Å²) >= 11 is 1.74. The predicted octanol–water partition coefficient (Wildman–Crippen LogP) is 8.26. The van der Waals surface area contributed by atoms with Crippen LogP contribution in [-0.4, -0.2) is 48.8 Å². The molecule has 0 bridgehead atoms. The lowest BCUT2D eigenvalue weighted by Gasteiger charge is -2.43. The second-order valence-corrected chi connectivity index (χ2v) is 14.3. The maximum Gasteiger partial charge on any atom is 0.453 e. The molecule has 3 rings (SSSR count). The number of phenolic OH excluding ortho intramolecular Hbond substituents is 2. The van der Waals surface area contributed by atoms with Gasteiger partial charge in [-0.25, -0.2) is 13.1 Å². The third-order valence-electron chi connectivity index (χ3n) is 8.01. The highest BCUT2D eigenvalue weighted by Gasteiger charge is 2.56. The Morgan fingerprint density at radius 1 is 0.881 bits per heavy atom. The quantitative estimate of drug-likeness (QED) is 0.127. The molecular formula is C30H40F5NO4S2. The van der Waals surface area contributed by atoms with E-state index >= 15 is 0 Å². The summed E-state index contributed by atoms with van der Waals surface area (Å²) in [6, 6.07) is 13.0. The molecule has 0 radical (unpaired) electrons. The Kier molecular flexibility index (Phi) is 12.0. The van der Waals surface area contributed by atoms with Crippen molar-refractivity contribution in [1.29, 1.82) is 0 Å². The fraction of sp³-hybridized carbons (Fsp3) is 0.600. The summed E-state index contributed by atoms with van der Waals surface area (Å²) < 4.78 is 88.5. The summed E-state index contributed by atoms with van der Waals surface area (Å²) in [7, 11) is -3.90. The van der Waals surface area contributed by atoms with E-state index in [-0.39, 0.29) is 29.4 Å². The molecular weight excluding hydrogens is 597 g/mol. The van der Waals surface area contributed by atoms with Crippen LogP contribution in [0.15, 0.2) is 47.4 Å². The average molecular weight is 638 g/mol. The SMILES string of the molecule is C[C@]1(c2ccc(O)cc2)CSc2cc(O)ccc2[C@H]1CCCCCCCCCNS(=O)(=O)CCCC(F)(F)C(F)(F)F. The standard InChI is InChI=1S/C30H40F5NO4S2/c1-28(22-11-13-23(37)14-12-22)21-41-27-20-24(38)15-16-25(27)26(28)10-7-5-3-2-4-6-8-18-36-42(39,40)19-9-17-29(31,32)30(33,34)35/h11-16,20,26,36-38H,2-10,17-19,21H2,1H3/t26-,28-/m1/s1. The third kappa shape index (κ3) is 9.47. The highest BCUT2D eigenvalue weighted by molar-refractivity contribution is 7.99. The number of nitrogens with one attached hydrogen (secondary N) is 1. The molecule has 236 valence electrons. The fourth-order valence-electron chi connectivity index (χ4n) is 5.49. The Bertz CT molecular complexity index is 1260. The van der Waals surface area contributed by atoms with Gasteiger partial charge in [0.2, 0.25) is 10.0 Å². The van der Waals surface area contributed by atoms with Crippen LogP contribution in [0.5, 0.6) is 11.5 Å². The Morgan fingerprint density at radius 3 is 2.12 bits per heavy atom. The molecule has 1 heterocycles. The van der Waals surface area contributed by atoms with Crippen LogP contribution in [0, 0.1) is 0 Å². The van der Waals surface area contributed by atoms with Gasteiger partial charge in [-0.1, -0.05) is 63.6 Å². The number of phenols is 2. The second-order valence-electron chi connectivity index (χ2n) is 11.3. The van der Waals surface area contributed by atoms with Gasteiger partial charge in [-0.15, -0.1) is 11.8 Å². The molecule has 2 aromatic carbocycles. The molecule has 42 heavy (non-hydrogen) atoms. The van der Waals surface area contributed by atoms with Gasteiger partial charge in [-0.3, -0.25) is 0 Å². The molecule has 0 fully saturated rings. The number of aromatic hydroxyl groups is 2. The van der Waals surface area contributed by atoms with Gasteiger partial charge in [0.15, 0.2) is 0 Å². The Hall–Kier alpha value is -2.05. The van der Waals surface area contributed by atoms with Crippen LogP contribution in [0.3, 0.4) is 0 Å². The summed E-state index contributed by atoms with van der Waals surface area (Å²) in [5, 5.41) is 19.8. The van der Waals surface area contributed by atoms with Crippen LogP contribution < -0.4 is 4.72 Å². The van der Waals surface area contributed by atoms with Gasteiger partial charge < -0.3 is 10.2 Å². The van der Waals surface area contributed by atoms with Crippen LogP contribution >= 0.6 is 11.8 Å². The van der Waals surface area contributed by atoms with E-state index in [2.05, 4.69) is 11.6 Å². The van der Waals surface area contributed by atoms with Gasteiger partial charge in [0.05, 0.1) is 5.75 Å². The van der Waals surface area contributed by atoms with Gasteiger partial charge in [0.1, 0.15) is 11.5 Å². The van der Waals surface area contributed by atoms with E-state index in [1.807, 2.05) is 24.3 Å². The first kappa shape index (κ1) is 34.4. The van der Waals surface area contributed by atoms with E-state index in [0.717, 1.165) is 55.6 Å². The molecule has 0 saturated heterocycles. The third-order valence-corrected chi connectivity index (χ3v) is 10.9. The molecule has 0 aliphatic carbocycles. The van der Waals surface area contributed by atoms with E-state index in [4.69, 9.17) is 0 Å². The van der Waals surface area contributed by atoms with Crippen LogP contribution in [0.4, 0.5) is 22.0 Å². The topological polar surface area (TPSA) is 86.6 Å². The largest absolute Gasteiger partial charge is 0.508 e. The number of thioether (sulfide) groups is 1. The number of benzene rings is 2. The lowest BCUT2D eigenvalue weighted by atomic mass is 9.68. The van der Waals surface area contributed by atoms with E-state index in [1.54, 1.807) is 30.0 Å². The van der Waals surface area contributed by atoms with Gasteiger partial charge in [-0.05, 0) is 60.6 Å². The smallest absolute Gasteiger partial charge is 0.453 e. The highest BCUT2D eigenvalue weighted by atomic mass is 32.2. The number of unbranched alkanes of at least 4 members (excludes halogenated alkanes) is 6. The van der Waals surface area contributed by atoms with Crippen LogP contribution in [0.25, 0.3) is 0 Å². The molecule has 2 atom stereocenters. The molecule has 12 heteroatoms. The number of sulfonamides is 1. The van der Waals surface area contributed by atoms with E-state index in [1.165, 1.54) is 11.1 Å². The van der Waals surface area contributed by atoms with Gasteiger partial charge in [0.25, 0.3) is 0 Å². The number of fused-ring (bicyclic) bond motifs is 1. The molecule has 0 unspecified atom stereocenters. The van der Waals surface area contributed by atoms with Crippen molar-refractivity contribution in [3.8, 4) is 11.5 Å². The lowest BCUT2D eigenvalue weighted by molar-refractivity contribution is -0.284. The minimum atomic E-state index is -5.68. The molecule has 5 nitrogen and oxygen atoms in total. The normalized spacial score (nSPS) is 19.5. The summed E-state index contributed by atoms with van der Waals surface area (Å²) in [4.78, 5) is 1.10. The van der Waals surface area contributed by atoms with Crippen molar-refractivity contribution in [3.05, 3.63) is 53.6 Å². The molecule has 0 spiro atoms. The minimum Gasteiger partial charge on any atom is -0.508 e. The number of halogens is 5. The Balaban J connectivity index is 1.37. The molecule has 0 aromatic heterocycles. The van der Waals surface area contributed by atoms with E-state index in [0.29, 0.717) is 6.42 Å². The molecule has 3 N–H and O–H groups in total. The second kappa shape index (κ2) is 14.6. The van der Waals surface area contributed by atoms with Gasteiger partial charge in [-0.2, -0.15) is 22.0 Å². The minimum absolute atomic E-state index is 0.127. The Labute approximate surface area is 249 Å². The highest BCUT2D eigenvalue weighted by Crippen LogP contribution is 2.52. The molecule has 1 aliphatic heterocycles. The predicted molar refractivity (Wildman–Crippen MR) is 156 cm³/mol. The van der Waals surface area contributed by atoms with Gasteiger partial charge >= 0.3 is 12.1 Å². The van der Waals surface area contributed by atoms with Crippen molar-refractivity contribution >= 4 is 21.8 Å². The van der Waals surface area contributed by atoms with Crippen LogP contribution in [-0.2, 0) is 15.4 Å². The molecule has 0 saturated carbocycles. The van der Waals surface area contributed by atoms with E-state index in [9.17, 15) is 40.6 Å². The molecule has 2 aromatic rings. The zero-order valence-corrected chi connectivity index (χ0v) is 25.4. The van der Waals surface area contributed by atoms with Crippen molar-refractivity contribution < 1.29 is 40.6 Å². The van der Waals surface area contributed by atoms with Crippen molar-refractivity contribution in [2.45, 2.75) is 99.5 Å². The van der Waals surface area contributed by atoms with Crippen molar-refractivity contribution in [2.24, 2.45) is 0 Å². The number of alkyl halides is 5. The van der Waals surface area contributed by atoms with Crippen LogP contribution in [0.2, 0.25) is 0 Å². The van der Waals surface area contributed by atoms with Crippen molar-refractivity contribution in [3.63, 3.8) is 0 Å². The van der Waals surface area contributed by atoms with Gasteiger partial charge in [0, 0.05) is 29.0 Å². The summed E-state index contributed by atoms with van der Waals surface area (Å²) in [5.74, 6) is -4.05. The van der Waals surface area contributed by atoms with E-state index < -0.39 is 40.7 Å². The summed E-state index contributed by atoms with van der Waals surface area (Å²) in [5.41, 5.74) is 2.28. The maximum absolute atomic E-state index is 12.9. The number of rotatable bonds is 16. The monoisotopic (exact) mass is 637 g/mol. The molecule has 1 aliphatic rings. The fourth-order valence-corrected chi connectivity index (χ4v) is 8.02.